The molecule has 2 aromatic carbocycles. The number of carbonyl (C=O) groups is 1. The Labute approximate surface area is 179 Å². The molecule has 1 N–H and O–H groups in total. The average molecular weight is 422 g/mol. The quantitative estimate of drug-likeness (QED) is 0.476. The number of methoxy groups -OCH3 is 1. The van der Waals surface area contributed by atoms with Gasteiger partial charge in [-0.05, 0) is 61.0 Å². The molecule has 0 aliphatic rings. The van der Waals surface area contributed by atoms with E-state index in [9.17, 15) is 4.79 Å². The second-order valence-corrected chi connectivity index (χ2v) is 7.17. The van der Waals surface area contributed by atoms with Crippen LogP contribution in [0.15, 0.2) is 66.9 Å². The first kappa shape index (κ1) is 19.8. The molecule has 0 aliphatic carbocycles. The molecule has 0 saturated carbocycles. The number of carbonyl (C=O) groups excluding carboxylic acids is 1. The molecule has 7 heteroatoms. The van der Waals surface area contributed by atoms with E-state index in [1.807, 2.05) is 53.9 Å². The zero-order chi connectivity index (χ0) is 21.1. The normalized spacial score (nSPS) is 10.8. The fourth-order valence-electron chi connectivity index (χ4n) is 3.14. The lowest BCUT2D eigenvalue weighted by molar-refractivity contribution is -0.118. The Kier molecular flexibility index (Phi) is 5.59. The Balaban J connectivity index is 1.66. The van der Waals surface area contributed by atoms with Crippen molar-refractivity contribution in [3.8, 4) is 22.8 Å². The van der Waals surface area contributed by atoms with Gasteiger partial charge in [0, 0.05) is 16.8 Å². The first-order valence-corrected chi connectivity index (χ1v) is 9.73. The minimum atomic E-state index is -0.302. The molecule has 0 unspecified atom stereocenters. The van der Waals surface area contributed by atoms with E-state index in [1.165, 1.54) is 0 Å². The van der Waals surface area contributed by atoms with Crippen molar-refractivity contribution in [1.82, 2.24) is 9.38 Å². The maximum atomic E-state index is 12.7. The van der Waals surface area contributed by atoms with E-state index in [-0.39, 0.29) is 12.5 Å². The van der Waals surface area contributed by atoms with Gasteiger partial charge in [0.25, 0.3) is 5.91 Å². The summed E-state index contributed by atoms with van der Waals surface area (Å²) < 4.78 is 12.9. The van der Waals surface area contributed by atoms with Gasteiger partial charge in [-0.3, -0.25) is 9.20 Å². The Morgan fingerprint density at radius 2 is 1.90 bits per heavy atom. The molecule has 2 aromatic heterocycles. The lowest BCUT2D eigenvalue weighted by Gasteiger charge is -2.11. The van der Waals surface area contributed by atoms with E-state index in [1.54, 1.807) is 31.4 Å². The van der Waals surface area contributed by atoms with Gasteiger partial charge in [0.1, 0.15) is 28.7 Å². The number of halogens is 1. The van der Waals surface area contributed by atoms with Crippen molar-refractivity contribution >= 4 is 29.0 Å². The summed E-state index contributed by atoms with van der Waals surface area (Å²) in [5, 5.41) is 3.55. The fraction of sp³-hybridized carbons (Fsp3) is 0.130. The largest absolute Gasteiger partial charge is 0.496 e. The molecule has 0 bridgehead atoms. The molecule has 4 aromatic rings. The molecule has 4 rings (SSSR count). The minimum Gasteiger partial charge on any atom is -0.496 e. The SMILES string of the molecule is COc1ccccc1-c1nc2cc(C)ccn2c1NC(=O)COc1ccc(Cl)cc1. The highest BCUT2D eigenvalue weighted by Gasteiger charge is 2.19. The number of hydrogen-bond donors (Lipinski definition) is 1. The van der Waals surface area contributed by atoms with E-state index in [4.69, 9.17) is 26.1 Å². The topological polar surface area (TPSA) is 64.9 Å². The molecule has 0 fully saturated rings. The zero-order valence-corrected chi connectivity index (χ0v) is 17.3. The molecule has 0 saturated heterocycles. The number of benzene rings is 2. The van der Waals surface area contributed by atoms with E-state index < -0.39 is 0 Å². The number of nitrogens with one attached hydrogen (secondary N) is 1. The van der Waals surface area contributed by atoms with E-state index in [2.05, 4.69) is 5.32 Å². The first-order chi connectivity index (χ1) is 14.5. The molecule has 30 heavy (non-hydrogen) atoms. The van der Waals surface area contributed by atoms with Crippen molar-refractivity contribution in [2.24, 2.45) is 0 Å². The van der Waals surface area contributed by atoms with Crippen LogP contribution in [0.3, 0.4) is 0 Å². The zero-order valence-electron chi connectivity index (χ0n) is 16.6. The summed E-state index contributed by atoms with van der Waals surface area (Å²) in [4.78, 5) is 17.4. The summed E-state index contributed by atoms with van der Waals surface area (Å²) in [6.07, 6.45) is 1.88. The smallest absolute Gasteiger partial charge is 0.263 e. The van der Waals surface area contributed by atoms with Gasteiger partial charge < -0.3 is 14.8 Å². The summed E-state index contributed by atoms with van der Waals surface area (Å²) in [6.45, 7) is 1.85. The van der Waals surface area contributed by atoms with Gasteiger partial charge in [-0.15, -0.1) is 0 Å². The van der Waals surface area contributed by atoms with Crippen molar-refractivity contribution in [3.05, 3.63) is 77.4 Å². The van der Waals surface area contributed by atoms with Gasteiger partial charge >= 0.3 is 0 Å². The number of amides is 1. The van der Waals surface area contributed by atoms with Crippen LogP contribution in [-0.2, 0) is 4.79 Å². The standard InChI is InChI=1S/C23H20ClN3O3/c1-15-11-12-27-20(13-15)25-22(18-5-3-4-6-19(18)29-2)23(27)26-21(28)14-30-17-9-7-16(24)8-10-17/h3-13H,14H2,1-2H3,(H,26,28). The van der Waals surface area contributed by atoms with Crippen LogP contribution in [0.4, 0.5) is 5.82 Å². The van der Waals surface area contributed by atoms with E-state index in [0.717, 1.165) is 16.8 Å². The highest BCUT2D eigenvalue weighted by molar-refractivity contribution is 6.30. The number of nitrogens with zero attached hydrogens (tertiary/aromatic N) is 2. The number of hydrogen-bond acceptors (Lipinski definition) is 4. The molecule has 6 nitrogen and oxygen atoms in total. The van der Waals surface area contributed by atoms with Crippen molar-refractivity contribution in [2.45, 2.75) is 6.92 Å². The molecule has 0 aliphatic heterocycles. The number of rotatable bonds is 6. The lowest BCUT2D eigenvalue weighted by Crippen LogP contribution is -2.21. The van der Waals surface area contributed by atoms with Gasteiger partial charge in [-0.2, -0.15) is 0 Å². The predicted octanol–water partition coefficient (Wildman–Crippen LogP) is 4.99. The van der Waals surface area contributed by atoms with Crippen molar-refractivity contribution < 1.29 is 14.3 Å². The number of fused-ring (bicyclic) bond motifs is 1. The predicted molar refractivity (Wildman–Crippen MR) is 117 cm³/mol. The van der Waals surface area contributed by atoms with Crippen LogP contribution in [0.1, 0.15) is 5.56 Å². The number of pyridine rings is 1. The molecule has 2 heterocycles. The number of aryl methyl sites for hydroxylation is 1. The monoisotopic (exact) mass is 421 g/mol. The van der Waals surface area contributed by atoms with Gasteiger partial charge in [0.15, 0.2) is 6.61 Å². The second-order valence-electron chi connectivity index (χ2n) is 6.73. The lowest BCUT2D eigenvalue weighted by atomic mass is 10.1. The van der Waals surface area contributed by atoms with Crippen molar-refractivity contribution in [3.63, 3.8) is 0 Å². The molecule has 1 amide bonds. The third kappa shape index (κ3) is 4.09. The number of para-hydroxylation sites is 1. The summed E-state index contributed by atoms with van der Waals surface area (Å²) in [6, 6.07) is 18.3. The summed E-state index contributed by atoms with van der Waals surface area (Å²) >= 11 is 5.88. The van der Waals surface area contributed by atoms with Crippen LogP contribution in [0.25, 0.3) is 16.9 Å². The fourth-order valence-corrected chi connectivity index (χ4v) is 3.27. The second kappa shape index (κ2) is 8.47. The molecular weight excluding hydrogens is 402 g/mol. The van der Waals surface area contributed by atoms with Crippen molar-refractivity contribution in [2.75, 3.05) is 19.0 Å². The molecule has 152 valence electrons. The maximum Gasteiger partial charge on any atom is 0.263 e. The molecular formula is C23H20ClN3O3. The van der Waals surface area contributed by atoms with E-state index in [0.29, 0.717) is 28.0 Å². The first-order valence-electron chi connectivity index (χ1n) is 9.35. The highest BCUT2D eigenvalue weighted by atomic mass is 35.5. The van der Waals surface area contributed by atoms with Gasteiger partial charge in [-0.25, -0.2) is 4.98 Å². The third-order valence-electron chi connectivity index (χ3n) is 4.59. The van der Waals surface area contributed by atoms with Crippen LogP contribution < -0.4 is 14.8 Å². The molecule has 0 atom stereocenters. The highest BCUT2D eigenvalue weighted by Crippen LogP contribution is 2.35. The van der Waals surface area contributed by atoms with E-state index >= 15 is 0 Å². The minimum absolute atomic E-state index is 0.147. The van der Waals surface area contributed by atoms with Gasteiger partial charge in [0.2, 0.25) is 0 Å². The van der Waals surface area contributed by atoms with Crippen LogP contribution in [-0.4, -0.2) is 29.0 Å². The van der Waals surface area contributed by atoms with Crippen LogP contribution in [0, 0.1) is 6.92 Å². The number of anilines is 1. The number of imidazole rings is 1. The van der Waals surface area contributed by atoms with Crippen molar-refractivity contribution in [1.29, 1.82) is 0 Å². The molecule has 0 spiro atoms. The number of ether oxygens (including phenoxy) is 2. The van der Waals surface area contributed by atoms with Crippen LogP contribution >= 0.6 is 11.6 Å². The Bertz CT molecular complexity index is 1200. The Morgan fingerprint density at radius 3 is 2.67 bits per heavy atom. The summed E-state index contributed by atoms with van der Waals surface area (Å²) in [7, 11) is 1.61. The Hall–Kier alpha value is -3.51. The van der Waals surface area contributed by atoms with Gasteiger partial charge in [0.05, 0.1) is 7.11 Å². The number of aromatic nitrogens is 2. The summed E-state index contributed by atoms with van der Waals surface area (Å²) in [5.41, 5.74) is 3.21. The summed E-state index contributed by atoms with van der Waals surface area (Å²) in [5.74, 6) is 1.49. The molecule has 0 radical (unpaired) electrons. The van der Waals surface area contributed by atoms with Crippen LogP contribution in [0.5, 0.6) is 11.5 Å². The Morgan fingerprint density at radius 1 is 1.13 bits per heavy atom. The van der Waals surface area contributed by atoms with Crippen LogP contribution in [0.2, 0.25) is 5.02 Å². The third-order valence-corrected chi connectivity index (χ3v) is 4.84. The van der Waals surface area contributed by atoms with Gasteiger partial charge in [-0.1, -0.05) is 23.7 Å². The maximum absolute atomic E-state index is 12.7. The average Bonchev–Trinajstić information content (AvgIpc) is 3.10.